The number of anilines is 1. The molecule has 2 aromatic carbocycles. The molecule has 0 radical (unpaired) electrons. The predicted molar refractivity (Wildman–Crippen MR) is 132 cm³/mol. The average molecular weight is 471 g/mol. The fraction of sp³-hybridized carbons (Fsp3) is 0.214. The lowest BCUT2D eigenvalue weighted by molar-refractivity contribution is -0.132. The van der Waals surface area contributed by atoms with Crippen LogP contribution in [-0.4, -0.2) is 33.9 Å². The van der Waals surface area contributed by atoms with E-state index in [1.807, 2.05) is 26.0 Å². The Morgan fingerprint density at radius 2 is 1.83 bits per heavy atom. The first-order valence-electron chi connectivity index (χ1n) is 11.3. The molecule has 0 saturated carbocycles. The number of hydrogen-bond donors (Lipinski definition) is 1. The average Bonchev–Trinajstić information content (AvgIpc) is 3.11. The summed E-state index contributed by atoms with van der Waals surface area (Å²) >= 11 is 0. The molecule has 0 bridgehead atoms. The van der Waals surface area contributed by atoms with Crippen LogP contribution in [0.1, 0.15) is 52.5 Å². The summed E-state index contributed by atoms with van der Waals surface area (Å²) in [5.41, 5.74) is 3.24. The van der Waals surface area contributed by atoms with Gasteiger partial charge >= 0.3 is 5.97 Å². The number of esters is 1. The summed E-state index contributed by atoms with van der Waals surface area (Å²) in [6.07, 6.45) is 2.83. The van der Waals surface area contributed by atoms with E-state index in [0.717, 1.165) is 11.1 Å². The van der Waals surface area contributed by atoms with E-state index >= 15 is 0 Å². The van der Waals surface area contributed by atoms with Crippen molar-refractivity contribution in [2.75, 3.05) is 4.90 Å². The Balaban J connectivity index is 1.91. The van der Waals surface area contributed by atoms with E-state index in [1.54, 1.807) is 62.6 Å². The molecule has 2 heterocycles. The fourth-order valence-corrected chi connectivity index (χ4v) is 4.15. The van der Waals surface area contributed by atoms with Crippen LogP contribution >= 0.6 is 0 Å². The Bertz CT molecular complexity index is 1340. The van der Waals surface area contributed by atoms with Crippen LogP contribution in [0.25, 0.3) is 5.76 Å². The van der Waals surface area contributed by atoms with Crippen molar-refractivity contribution in [3.05, 3.63) is 100 Å². The van der Waals surface area contributed by atoms with E-state index in [1.165, 1.54) is 11.0 Å². The second-order valence-electron chi connectivity index (χ2n) is 8.78. The Hall–Kier alpha value is -4.26. The zero-order valence-corrected chi connectivity index (χ0v) is 20.0. The molecule has 0 spiro atoms. The molecule has 35 heavy (non-hydrogen) atoms. The molecule has 1 atom stereocenters. The van der Waals surface area contributed by atoms with Gasteiger partial charge in [-0.05, 0) is 69.2 Å². The minimum absolute atomic E-state index is 0.0353. The number of hydrogen-bond acceptors (Lipinski definition) is 6. The van der Waals surface area contributed by atoms with Crippen molar-refractivity contribution in [3.8, 4) is 0 Å². The van der Waals surface area contributed by atoms with Crippen LogP contribution in [0, 0.1) is 13.8 Å². The second kappa shape index (κ2) is 9.54. The van der Waals surface area contributed by atoms with Gasteiger partial charge in [0.05, 0.1) is 23.3 Å². The minimum atomic E-state index is -0.931. The molecule has 1 saturated heterocycles. The quantitative estimate of drug-likeness (QED) is 0.247. The summed E-state index contributed by atoms with van der Waals surface area (Å²) in [7, 11) is 0. The number of carbonyl (C=O) groups excluding carboxylic acids is 3. The summed E-state index contributed by atoms with van der Waals surface area (Å²) in [6.45, 7) is 7.20. The number of rotatable bonds is 5. The van der Waals surface area contributed by atoms with Crippen LogP contribution in [0.5, 0.6) is 0 Å². The van der Waals surface area contributed by atoms with Crippen molar-refractivity contribution in [1.29, 1.82) is 0 Å². The lowest BCUT2D eigenvalue weighted by Crippen LogP contribution is -2.29. The third-order valence-electron chi connectivity index (χ3n) is 5.80. The highest BCUT2D eigenvalue weighted by Gasteiger charge is 2.47. The van der Waals surface area contributed by atoms with Crippen LogP contribution in [0.2, 0.25) is 0 Å². The van der Waals surface area contributed by atoms with Crippen molar-refractivity contribution < 1.29 is 24.2 Å². The molecule has 1 fully saturated rings. The van der Waals surface area contributed by atoms with Crippen LogP contribution < -0.4 is 4.90 Å². The Morgan fingerprint density at radius 1 is 1.06 bits per heavy atom. The number of aliphatic hydroxyl groups excluding tert-OH is 1. The highest BCUT2D eigenvalue weighted by molar-refractivity contribution is 6.51. The van der Waals surface area contributed by atoms with Crippen molar-refractivity contribution in [2.45, 2.75) is 39.8 Å². The zero-order valence-electron chi connectivity index (χ0n) is 20.0. The van der Waals surface area contributed by atoms with Gasteiger partial charge in [0.25, 0.3) is 11.7 Å². The van der Waals surface area contributed by atoms with Gasteiger partial charge in [-0.3, -0.25) is 19.5 Å². The van der Waals surface area contributed by atoms with Gasteiger partial charge in [0.1, 0.15) is 5.76 Å². The van der Waals surface area contributed by atoms with Gasteiger partial charge in [-0.25, -0.2) is 4.79 Å². The predicted octanol–water partition coefficient (Wildman–Crippen LogP) is 4.89. The number of aromatic nitrogens is 1. The monoisotopic (exact) mass is 470 g/mol. The van der Waals surface area contributed by atoms with Gasteiger partial charge in [-0.2, -0.15) is 0 Å². The van der Waals surface area contributed by atoms with Gasteiger partial charge in [0, 0.05) is 23.6 Å². The van der Waals surface area contributed by atoms with Crippen molar-refractivity contribution in [3.63, 3.8) is 0 Å². The number of pyridine rings is 1. The number of amides is 1. The van der Waals surface area contributed by atoms with E-state index in [-0.39, 0.29) is 23.0 Å². The van der Waals surface area contributed by atoms with Gasteiger partial charge < -0.3 is 9.84 Å². The molecule has 178 valence electrons. The number of aryl methyl sites for hydroxylation is 2. The van der Waals surface area contributed by atoms with Crippen molar-refractivity contribution in [2.24, 2.45) is 0 Å². The first-order chi connectivity index (χ1) is 16.7. The SMILES string of the molecule is Cc1ccc(C)c(/C(O)=C2\C(=O)C(=O)N(c3cccc(C(=O)OC(C)C)c3)C2c2cccnc2)c1. The van der Waals surface area contributed by atoms with Gasteiger partial charge in [-0.1, -0.05) is 29.8 Å². The molecule has 7 nitrogen and oxygen atoms in total. The van der Waals surface area contributed by atoms with Crippen LogP contribution in [0.15, 0.2) is 72.6 Å². The van der Waals surface area contributed by atoms with E-state index in [4.69, 9.17) is 4.74 Å². The maximum absolute atomic E-state index is 13.3. The number of carbonyl (C=O) groups is 3. The van der Waals surface area contributed by atoms with E-state index in [9.17, 15) is 19.5 Å². The number of nitrogens with zero attached hydrogens (tertiary/aromatic N) is 2. The first-order valence-corrected chi connectivity index (χ1v) is 11.3. The summed E-state index contributed by atoms with van der Waals surface area (Å²) in [6, 6.07) is 14.4. The van der Waals surface area contributed by atoms with Crippen molar-refractivity contribution >= 4 is 29.1 Å². The highest BCUT2D eigenvalue weighted by Crippen LogP contribution is 2.42. The third-order valence-corrected chi connectivity index (χ3v) is 5.80. The smallest absolute Gasteiger partial charge is 0.338 e. The van der Waals surface area contributed by atoms with Crippen molar-refractivity contribution in [1.82, 2.24) is 4.98 Å². The molecule has 3 aromatic rings. The van der Waals surface area contributed by atoms with Crippen LogP contribution in [0.3, 0.4) is 0 Å². The molecule has 1 N–H and O–H groups in total. The molecule has 4 rings (SSSR count). The van der Waals surface area contributed by atoms with Gasteiger partial charge in [0.2, 0.25) is 0 Å². The lowest BCUT2D eigenvalue weighted by Gasteiger charge is -2.25. The lowest BCUT2D eigenvalue weighted by atomic mass is 9.94. The Labute approximate surface area is 203 Å². The molecule has 7 heteroatoms. The molecule has 0 aliphatic carbocycles. The number of aliphatic hydroxyl groups is 1. The second-order valence-corrected chi connectivity index (χ2v) is 8.78. The summed E-state index contributed by atoms with van der Waals surface area (Å²) in [5, 5.41) is 11.3. The van der Waals surface area contributed by atoms with E-state index < -0.39 is 23.7 Å². The minimum Gasteiger partial charge on any atom is -0.507 e. The molecule has 1 aliphatic rings. The molecule has 1 aromatic heterocycles. The van der Waals surface area contributed by atoms with Crippen LogP contribution in [-0.2, 0) is 14.3 Å². The normalized spacial score (nSPS) is 17.2. The number of Topliss-reactive ketones (excluding diaryl/α,β-unsaturated/α-hetero) is 1. The zero-order chi connectivity index (χ0) is 25.3. The van der Waals surface area contributed by atoms with Crippen LogP contribution in [0.4, 0.5) is 5.69 Å². The Kier molecular flexibility index (Phi) is 6.51. The fourth-order valence-electron chi connectivity index (χ4n) is 4.15. The molecular weight excluding hydrogens is 444 g/mol. The number of ether oxygens (including phenoxy) is 1. The number of benzene rings is 2. The van der Waals surface area contributed by atoms with E-state index in [2.05, 4.69) is 4.98 Å². The molecular formula is C28H26N2O5. The summed E-state index contributed by atoms with van der Waals surface area (Å²) in [5.74, 6) is -2.41. The first kappa shape index (κ1) is 23.9. The topological polar surface area (TPSA) is 96.8 Å². The maximum atomic E-state index is 13.3. The standard InChI is InChI=1S/C28H26N2O5/c1-16(2)35-28(34)19-7-5-9-21(14-19)30-24(20-8-6-12-29-15-20)23(26(32)27(30)33)25(31)22-13-17(3)10-11-18(22)4/h5-16,24,31H,1-4H3/b25-23+. The van der Waals surface area contributed by atoms with Gasteiger partial charge in [-0.15, -0.1) is 0 Å². The Morgan fingerprint density at radius 3 is 2.51 bits per heavy atom. The summed E-state index contributed by atoms with van der Waals surface area (Å²) in [4.78, 5) is 44.6. The number of ketones is 1. The van der Waals surface area contributed by atoms with Gasteiger partial charge in [0.15, 0.2) is 0 Å². The molecule has 1 aliphatic heterocycles. The summed E-state index contributed by atoms with van der Waals surface area (Å²) < 4.78 is 5.29. The molecule has 1 amide bonds. The molecule has 1 unspecified atom stereocenters. The maximum Gasteiger partial charge on any atom is 0.338 e. The third kappa shape index (κ3) is 4.57. The largest absolute Gasteiger partial charge is 0.507 e. The van der Waals surface area contributed by atoms with E-state index in [0.29, 0.717) is 16.8 Å². The highest BCUT2D eigenvalue weighted by atomic mass is 16.5.